The van der Waals surface area contributed by atoms with Crippen LogP contribution in [0.3, 0.4) is 0 Å². The van der Waals surface area contributed by atoms with Crippen LogP contribution in [0.2, 0.25) is 0 Å². The van der Waals surface area contributed by atoms with E-state index in [2.05, 4.69) is 4.98 Å². The summed E-state index contributed by atoms with van der Waals surface area (Å²) in [5.41, 5.74) is 0.407. The van der Waals surface area contributed by atoms with Gasteiger partial charge in [0.05, 0.1) is 24.9 Å². The van der Waals surface area contributed by atoms with Gasteiger partial charge in [0, 0.05) is 26.5 Å². The van der Waals surface area contributed by atoms with Crippen LogP contribution in [0, 0.1) is 0 Å². The molecule has 2 saturated heterocycles. The Labute approximate surface area is 133 Å². The van der Waals surface area contributed by atoms with Crippen LogP contribution in [0.5, 0.6) is 11.6 Å². The van der Waals surface area contributed by atoms with Crippen molar-refractivity contribution in [2.45, 2.75) is 31.3 Å². The number of methoxy groups -OCH3 is 2. The Morgan fingerprint density at radius 2 is 2.30 bits per heavy atom. The molecule has 8 nitrogen and oxygen atoms in total. The van der Waals surface area contributed by atoms with Crippen LogP contribution in [0.4, 0.5) is 4.79 Å². The number of fused-ring (bicyclic) bond motifs is 1. The first-order chi connectivity index (χ1) is 11.1. The van der Waals surface area contributed by atoms with Crippen molar-refractivity contribution in [1.29, 1.82) is 0 Å². The number of piperidine rings is 1. The lowest BCUT2D eigenvalue weighted by Crippen LogP contribution is -2.44. The quantitative estimate of drug-likeness (QED) is 0.811. The Morgan fingerprint density at radius 3 is 3.04 bits per heavy atom. The Kier molecular flexibility index (Phi) is 4.53. The van der Waals surface area contributed by atoms with Crippen molar-refractivity contribution in [3.63, 3.8) is 0 Å². The van der Waals surface area contributed by atoms with Crippen LogP contribution < -0.4 is 9.47 Å². The SMILES string of the molecule is COc1ncc(O[C@H]2CCN3C(=O)OC[C@@H]3C2)cc1C(O)OC. The molecule has 3 atom stereocenters. The van der Waals surface area contributed by atoms with E-state index in [1.54, 1.807) is 17.2 Å². The van der Waals surface area contributed by atoms with E-state index in [9.17, 15) is 9.90 Å². The third kappa shape index (κ3) is 3.18. The second-order valence-corrected chi connectivity index (χ2v) is 5.55. The van der Waals surface area contributed by atoms with Crippen molar-refractivity contribution in [2.75, 3.05) is 27.4 Å². The predicted octanol–water partition coefficient (Wildman–Crippen LogP) is 1.09. The number of carbonyl (C=O) groups excluding carboxylic acids is 1. The number of carbonyl (C=O) groups is 1. The zero-order valence-corrected chi connectivity index (χ0v) is 13.1. The highest BCUT2D eigenvalue weighted by molar-refractivity contribution is 5.70. The van der Waals surface area contributed by atoms with E-state index >= 15 is 0 Å². The lowest BCUT2D eigenvalue weighted by molar-refractivity contribution is -0.0786. The van der Waals surface area contributed by atoms with E-state index < -0.39 is 6.29 Å². The lowest BCUT2D eigenvalue weighted by Gasteiger charge is -2.32. The topological polar surface area (TPSA) is 90.4 Å². The fraction of sp³-hybridized carbons (Fsp3) is 0.600. The van der Waals surface area contributed by atoms with Gasteiger partial charge in [0.15, 0.2) is 6.29 Å². The predicted molar refractivity (Wildman–Crippen MR) is 78.2 cm³/mol. The van der Waals surface area contributed by atoms with E-state index in [4.69, 9.17) is 18.9 Å². The first-order valence-electron chi connectivity index (χ1n) is 7.47. The molecule has 0 aliphatic carbocycles. The van der Waals surface area contributed by atoms with Crippen LogP contribution in [0.15, 0.2) is 12.3 Å². The van der Waals surface area contributed by atoms with E-state index in [1.165, 1.54) is 14.2 Å². The molecule has 3 rings (SSSR count). The molecule has 0 bridgehead atoms. The molecule has 23 heavy (non-hydrogen) atoms. The van der Waals surface area contributed by atoms with Gasteiger partial charge in [-0.2, -0.15) is 0 Å². The molecule has 3 heterocycles. The molecule has 2 fully saturated rings. The molecule has 1 N–H and O–H groups in total. The number of cyclic esters (lactones) is 1. The number of aliphatic hydroxyl groups is 1. The van der Waals surface area contributed by atoms with Gasteiger partial charge in [0.1, 0.15) is 18.5 Å². The molecule has 0 spiro atoms. The zero-order chi connectivity index (χ0) is 16.4. The van der Waals surface area contributed by atoms with Crippen molar-refractivity contribution in [3.8, 4) is 11.6 Å². The molecule has 0 radical (unpaired) electrons. The highest BCUT2D eigenvalue weighted by atomic mass is 16.6. The summed E-state index contributed by atoms with van der Waals surface area (Å²) in [6, 6.07) is 1.72. The minimum Gasteiger partial charge on any atom is -0.489 e. The fourth-order valence-corrected chi connectivity index (χ4v) is 2.95. The summed E-state index contributed by atoms with van der Waals surface area (Å²) in [6.07, 6.45) is 1.56. The third-order valence-corrected chi connectivity index (χ3v) is 4.14. The molecule has 126 valence electrons. The molecule has 0 saturated carbocycles. The number of aliphatic hydroxyl groups excluding tert-OH is 1. The van der Waals surface area contributed by atoms with Gasteiger partial charge in [-0.25, -0.2) is 9.78 Å². The normalized spacial score (nSPS) is 24.8. The summed E-state index contributed by atoms with van der Waals surface area (Å²) in [4.78, 5) is 17.4. The molecular formula is C15H20N2O6. The molecule has 1 amide bonds. The molecule has 2 aliphatic heterocycles. The number of ether oxygens (including phenoxy) is 4. The Bertz CT molecular complexity index is 581. The van der Waals surface area contributed by atoms with E-state index in [1.807, 2.05) is 0 Å². The number of hydrogen-bond donors (Lipinski definition) is 1. The van der Waals surface area contributed by atoms with Gasteiger partial charge in [-0.05, 0) is 6.07 Å². The summed E-state index contributed by atoms with van der Waals surface area (Å²) in [5, 5.41) is 9.87. The van der Waals surface area contributed by atoms with Crippen LogP contribution in [-0.2, 0) is 9.47 Å². The number of pyridine rings is 1. The number of rotatable bonds is 5. The highest BCUT2D eigenvalue weighted by Gasteiger charge is 2.38. The van der Waals surface area contributed by atoms with E-state index in [-0.39, 0.29) is 24.1 Å². The Balaban J connectivity index is 1.69. The van der Waals surface area contributed by atoms with Crippen LogP contribution in [0.25, 0.3) is 0 Å². The van der Waals surface area contributed by atoms with Crippen molar-refractivity contribution in [2.24, 2.45) is 0 Å². The smallest absolute Gasteiger partial charge is 0.410 e. The van der Waals surface area contributed by atoms with E-state index in [0.29, 0.717) is 30.9 Å². The number of aromatic nitrogens is 1. The number of nitrogens with zero attached hydrogens (tertiary/aromatic N) is 2. The maximum Gasteiger partial charge on any atom is 0.410 e. The van der Waals surface area contributed by atoms with Gasteiger partial charge in [-0.15, -0.1) is 0 Å². The zero-order valence-electron chi connectivity index (χ0n) is 13.1. The van der Waals surface area contributed by atoms with E-state index in [0.717, 1.165) is 6.42 Å². The summed E-state index contributed by atoms with van der Waals surface area (Å²) in [6.45, 7) is 1.03. The first-order valence-corrected chi connectivity index (χ1v) is 7.47. The largest absolute Gasteiger partial charge is 0.489 e. The Morgan fingerprint density at radius 1 is 1.48 bits per heavy atom. The summed E-state index contributed by atoms with van der Waals surface area (Å²) in [5.74, 6) is 0.817. The molecule has 1 aromatic heterocycles. The second kappa shape index (κ2) is 6.59. The molecule has 1 unspecified atom stereocenters. The van der Waals surface area contributed by atoms with Crippen LogP contribution >= 0.6 is 0 Å². The molecule has 1 aromatic rings. The molecular weight excluding hydrogens is 304 g/mol. The van der Waals surface area contributed by atoms with Crippen LogP contribution in [0.1, 0.15) is 24.7 Å². The Hall–Kier alpha value is -2.06. The maximum absolute atomic E-state index is 11.5. The lowest BCUT2D eigenvalue weighted by atomic mass is 10.0. The summed E-state index contributed by atoms with van der Waals surface area (Å²) in [7, 11) is 2.87. The molecule has 0 aromatic carbocycles. The highest BCUT2D eigenvalue weighted by Crippen LogP contribution is 2.30. The minimum absolute atomic E-state index is 0.0338. The van der Waals surface area contributed by atoms with Gasteiger partial charge in [-0.3, -0.25) is 0 Å². The first kappa shape index (κ1) is 15.8. The number of hydrogen-bond acceptors (Lipinski definition) is 7. The molecule has 8 heteroatoms. The standard InChI is InChI=1S/C15H20N2O6/c1-20-13-12(14(18)21-2)6-11(7-16-13)23-10-3-4-17-9(5-10)8-22-15(17)19/h6-7,9-10,14,18H,3-5,8H2,1-2H3/t9-,10-,14?/m0/s1. The monoisotopic (exact) mass is 324 g/mol. The molecule has 2 aliphatic rings. The average molecular weight is 324 g/mol. The van der Waals surface area contributed by atoms with Crippen molar-refractivity contribution in [3.05, 3.63) is 17.8 Å². The van der Waals surface area contributed by atoms with Gasteiger partial charge in [-0.1, -0.05) is 0 Å². The van der Waals surface area contributed by atoms with Gasteiger partial charge in [0.25, 0.3) is 0 Å². The fourth-order valence-electron chi connectivity index (χ4n) is 2.95. The van der Waals surface area contributed by atoms with Crippen LogP contribution in [-0.4, -0.2) is 60.6 Å². The maximum atomic E-state index is 11.5. The van der Waals surface area contributed by atoms with Crippen molar-refractivity contribution >= 4 is 6.09 Å². The summed E-state index contributed by atoms with van der Waals surface area (Å²) >= 11 is 0. The van der Waals surface area contributed by atoms with Crippen molar-refractivity contribution in [1.82, 2.24) is 9.88 Å². The minimum atomic E-state index is -1.14. The third-order valence-electron chi connectivity index (χ3n) is 4.14. The van der Waals surface area contributed by atoms with Crippen molar-refractivity contribution < 1.29 is 28.8 Å². The van der Waals surface area contributed by atoms with Gasteiger partial charge < -0.3 is 29.0 Å². The second-order valence-electron chi connectivity index (χ2n) is 5.55. The average Bonchev–Trinajstić information content (AvgIpc) is 2.94. The van der Waals surface area contributed by atoms with Gasteiger partial charge in [0.2, 0.25) is 5.88 Å². The van der Waals surface area contributed by atoms with Gasteiger partial charge >= 0.3 is 6.09 Å². The number of amides is 1. The summed E-state index contributed by atoms with van der Waals surface area (Å²) < 4.78 is 21.0.